The number of piperazine rings is 1. The highest BCUT2D eigenvalue weighted by Crippen LogP contribution is 2.22. The van der Waals surface area contributed by atoms with Crippen LogP contribution in [0.2, 0.25) is 5.15 Å². The molecule has 21 heavy (non-hydrogen) atoms. The van der Waals surface area contributed by atoms with Gasteiger partial charge in [-0.2, -0.15) is 0 Å². The summed E-state index contributed by atoms with van der Waals surface area (Å²) < 4.78 is 0. The third kappa shape index (κ3) is 2.94. The van der Waals surface area contributed by atoms with Crippen molar-refractivity contribution in [1.29, 1.82) is 0 Å². The van der Waals surface area contributed by atoms with Gasteiger partial charge in [-0.3, -0.25) is 19.7 Å². The van der Waals surface area contributed by atoms with E-state index in [2.05, 4.69) is 10.3 Å². The fraction of sp³-hybridized carbons (Fsp3) is 0.417. The minimum Gasteiger partial charge on any atom is -0.353 e. The Morgan fingerprint density at radius 1 is 1.67 bits per heavy atom. The zero-order valence-electron chi connectivity index (χ0n) is 11.2. The van der Waals surface area contributed by atoms with E-state index < -0.39 is 16.9 Å². The van der Waals surface area contributed by atoms with Gasteiger partial charge in [0, 0.05) is 19.2 Å². The van der Waals surface area contributed by atoms with Crippen LogP contribution in [0.3, 0.4) is 0 Å². The van der Waals surface area contributed by atoms with Gasteiger partial charge in [-0.15, -0.1) is 0 Å². The van der Waals surface area contributed by atoms with Crippen molar-refractivity contribution in [2.45, 2.75) is 19.4 Å². The number of carbonyl (C=O) groups is 2. The number of nitro groups is 1. The van der Waals surface area contributed by atoms with Gasteiger partial charge in [0.15, 0.2) is 0 Å². The molecule has 1 unspecified atom stereocenters. The van der Waals surface area contributed by atoms with Gasteiger partial charge in [-0.25, -0.2) is 4.98 Å². The largest absolute Gasteiger partial charge is 0.353 e. The molecule has 0 spiro atoms. The van der Waals surface area contributed by atoms with E-state index in [4.69, 9.17) is 11.6 Å². The fourth-order valence-electron chi connectivity index (χ4n) is 2.21. The summed E-state index contributed by atoms with van der Waals surface area (Å²) in [5, 5.41) is 13.3. The number of nitrogens with one attached hydrogen (secondary N) is 1. The summed E-state index contributed by atoms with van der Waals surface area (Å²) in [5.74, 6) is -0.774. The number of hydrogen-bond acceptors (Lipinski definition) is 5. The molecule has 2 amide bonds. The Hall–Kier alpha value is -2.22. The second-order valence-electron chi connectivity index (χ2n) is 4.50. The van der Waals surface area contributed by atoms with E-state index in [0.717, 1.165) is 12.3 Å². The van der Waals surface area contributed by atoms with Crippen molar-refractivity contribution in [3.63, 3.8) is 0 Å². The first-order chi connectivity index (χ1) is 9.95. The molecule has 1 atom stereocenters. The summed E-state index contributed by atoms with van der Waals surface area (Å²) >= 11 is 5.86. The zero-order chi connectivity index (χ0) is 15.6. The van der Waals surface area contributed by atoms with Crippen LogP contribution in [0.15, 0.2) is 12.3 Å². The summed E-state index contributed by atoms with van der Waals surface area (Å²) in [6.07, 6.45) is 1.43. The lowest BCUT2D eigenvalue weighted by atomic mass is 10.1. The number of carbonyl (C=O) groups excluding carboxylic acids is 2. The monoisotopic (exact) mass is 312 g/mol. The van der Waals surface area contributed by atoms with Crippen LogP contribution in [0.25, 0.3) is 0 Å². The third-order valence-electron chi connectivity index (χ3n) is 3.24. The van der Waals surface area contributed by atoms with Crippen LogP contribution in [0, 0.1) is 10.1 Å². The van der Waals surface area contributed by atoms with Gasteiger partial charge in [0.2, 0.25) is 5.91 Å². The van der Waals surface area contributed by atoms with Gasteiger partial charge < -0.3 is 10.2 Å². The van der Waals surface area contributed by atoms with Crippen LogP contribution in [0.1, 0.15) is 23.7 Å². The number of hydrogen-bond donors (Lipinski definition) is 1. The number of rotatable bonds is 3. The molecule has 0 bridgehead atoms. The van der Waals surface area contributed by atoms with Crippen LogP contribution in [0.4, 0.5) is 5.69 Å². The van der Waals surface area contributed by atoms with E-state index in [-0.39, 0.29) is 22.3 Å². The second-order valence-corrected chi connectivity index (χ2v) is 4.86. The maximum Gasteiger partial charge on any atom is 0.288 e. The highest BCUT2D eigenvalue weighted by Gasteiger charge is 2.33. The maximum absolute atomic E-state index is 12.5. The van der Waals surface area contributed by atoms with E-state index in [1.165, 1.54) is 4.90 Å². The molecule has 1 N–H and O–H groups in total. The van der Waals surface area contributed by atoms with Gasteiger partial charge in [0.1, 0.15) is 17.4 Å². The molecule has 0 aliphatic carbocycles. The van der Waals surface area contributed by atoms with Crippen molar-refractivity contribution in [2.75, 3.05) is 13.1 Å². The second kappa shape index (κ2) is 6.04. The molecule has 112 valence electrons. The van der Waals surface area contributed by atoms with Crippen LogP contribution in [-0.4, -0.2) is 45.8 Å². The summed E-state index contributed by atoms with van der Waals surface area (Å²) in [4.78, 5) is 39.4. The standard InChI is InChI=1S/C12H13ClN4O4/c1-2-9-11(18)14-3-4-16(9)12(19)8-5-7(17(20)21)6-15-10(8)13/h5-6,9H,2-4H2,1H3,(H,14,18). The Labute approximate surface area is 125 Å². The third-order valence-corrected chi connectivity index (χ3v) is 3.55. The number of aromatic nitrogens is 1. The molecular weight excluding hydrogens is 300 g/mol. The topological polar surface area (TPSA) is 105 Å². The number of pyridine rings is 1. The summed E-state index contributed by atoms with van der Waals surface area (Å²) in [7, 11) is 0. The lowest BCUT2D eigenvalue weighted by Gasteiger charge is -2.34. The molecule has 8 nitrogen and oxygen atoms in total. The van der Waals surface area contributed by atoms with Crippen LogP contribution in [0.5, 0.6) is 0 Å². The average Bonchev–Trinajstić information content (AvgIpc) is 2.46. The highest BCUT2D eigenvalue weighted by atomic mass is 35.5. The molecule has 2 rings (SSSR count). The van der Waals surface area contributed by atoms with Gasteiger partial charge in [0.25, 0.3) is 11.6 Å². The van der Waals surface area contributed by atoms with E-state index in [9.17, 15) is 19.7 Å². The Kier molecular flexibility index (Phi) is 4.37. The van der Waals surface area contributed by atoms with Crippen LogP contribution in [-0.2, 0) is 4.79 Å². The molecule has 0 radical (unpaired) electrons. The molecule has 9 heteroatoms. The SMILES string of the molecule is CCC1C(=O)NCCN1C(=O)c1cc([N+](=O)[O-])cnc1Cl. The maximum atomic E-state index is 12.5. The molecule has 1 aliphatic rings. The molecule has 0 aromatic carbocycles. The first-order valence-corrected chi connectivity index (χ1v) is 6.72. The molecular formula is C12H13ClN4O4. The normalized spacial score (nSPS) is 18.3. The van der Waals surface area contributed by atoms with Crippen molar-refractivity contribution in [3.05, 3.63) is 33.1 Å². The van der Waals surface area contributed by atoms with Gasteiger partial charge >= 0.3 is 0 Å². The summed E-state index contributed by atoms with van der Waals surface area (Å²) in [5.41, 5.74) is -0.392. The molecule has 2 heterocycles. The van der Waals surface area contributed by atoms with Gasteiger partial charge in [0.05, 0.1) is 10.5 Å². The van der Waals surface area contributed by atoms with Crippen molar-refractivity contribution in [2.24, 2.45) is 0 Å². The molecule has 0 saturated carbocycles. The average molecular weight is 313 g/mol. The zero-order valence-corrected chi connectivity index (χ0v) is 12.0. The first kappa shape index (κ1) is 15.2. The Morgan fingerprint density at radius 2 is 2.38 bits per heavy atom. The lowest BCUT2D eigenvalue weighted by Crippen LogP contribution is -2.56. The lowest BCUT2D eigenvalue weighted by molar-refractivity contribution is -0.385. The number of nitrogens with zero attached hydrogens (tertiary/aromatic N) is 3. The van der Waals surface area contributed by atoms with E-state index in [0.29, 0.717) is 19.5 Å². The molecule has 1 fully saturated rings. The molecule has 1 aliphatic heterocycles. The van der Waals surface area contributed by atoms with E-state index >= 15 is 0 Å². The summed E-state index contributed by atoms with van der Waals surface area (Å²) in [6.45, 7) is 2.44. The Balaban J connectivity index is 2.36. The Morgan fingerprint density at radius 3 is 3.00 bits per heavy atom. The smallest absolute Gasteiger partial charge is 0.288 e. The van der Waals surface area contributed by atoms with Crippen molar-refractivity contribution < 1.29 is 14.5 Å². The highest BCUT2D eigenvalue weighted by molar-refractivity contribution is 6.32. The minimum absolute atomic E-state index is 0.0704. The first-order valence-electron chi connectivity index (χ1n) is 6.34. The quantitative estimate of drug-likeness (QED) is 0.509. The molecule has 1 aromatic heterocycles. The number of amides is 2. The number of halogens is 1. The van der Waals surface area contributed by atoms with E-state index in [1.807, 2.05) is 0 Å². The molecule has 1 aromatic rings. The van der Waals surface area contributed by atoms with Crippen LogP contribution < -0.4 is 5.32 Å². The van der Waals surface area contributed by atoms with Crippen molar-refractivity contribution >= 4 is 29.1 Å². The Bertz CT molecular complexity index is 607. The molecule has 1 saturated heterocycles. The predicted molar refractivity (Wildman–Crippen MR) is 74.0 cm³/mol. The van der Waals surface area contributed by atoms with E-state index in [1.54, 1.807) is 6.92 Å². The van der Waals surface area contributed by atoms with Gasteiger partial charge in [-0.05, 0) is 6.42 Å². The van der Waals surface area contributed by atoms with Crippen LogP contribution >= 0.6 is 11.6 Å². The predicted octanol–water partition coefficient (Wildman–Crippen LogP) is 0.994. The van der Waals surface area contributed by atoms with Gasteiger partial charge in [-0.1, -0.05) is 18.5 Å². The van der Waals surface area contributed by atoms with Crippen molar-refractivity contribution in [1.82, 2.24) is 15.2 Å². The minimum atomic E-state index is -0.652. The fourth-order valence-corrected chi connectivity index (χ4v) is 2.39. The summed E-state index contributed by atoms with van der Waals surface area (Å²) in [6, 6.07) is 0.471. The van der Waals surface area contributed by atoms with Crippen molar-refractivity contribution in [3.8, 4) is 0 Å².